The van der Waals surface area contributed by atoms with Crippen molar-refractivity contribution in [3.8, 4) is 27.9 Å². The molecule has 8 aromatic carbocycles. The van der Waals surface area contributed by atoms with Gasteiger partial charge in [0.15, 0.2) is 0 Å². The van der Waals surface area contributed by atoms with E-state index in [9.17, 15) is 0 Å². The van der Waals surface area contributed by atoms with Gasteiger partial charge in [0, 0.05) is 38.4 Å². The van der Waals surface area contributed by atoms with E-state index in [-0.39, 0.29) is 5.41 Å². The minimum absolute atomic E-state index is 0.0586. The van der Waals surface area contributed by atoms with Crippen molar-refractivity contribution in [2.75, 3.05) is 0 Å². The quantitative estimate of drug-likeness (QED) is 0.142. The van der Waals surface area contributed by atoms with Gasteiger partial charge in [0.25, 0.3) is 0 Å². The number of benzene rings is 8. The lowest BCUT2D eigenvalue weighted by molar-refractivity contribution is 0.723. The van der Waals surface area contributed by atoms with Gasteiger partial charge in [-0.1, -0.05) is 172 Å². The normalized spacial score (nSPS) is 14.5. The van der Waals surface area contributed by atoms with E-state index in [1.807, 2.05) is 6.08 Å². The molecule has 0 radical (unpaired) electrons. The molecule has 0 spiro atoms. The second-order valence-electron chi connectivity index (χ2n) is 18.2. The first-order chi connectivity index (χ1) is 31.9. The number of hydrogen-bond acceptors (Lipinski definition) is 0. The lowest BCUT2D eigenvalue weighted by Crippen LogP contribution is -2.25. The van der Waals surface area contributed by atoms with E-state index in [1.54, 1.807) is 0 Å². The summed E-state index contributed by atoms with van der Waals surface area (Å²) in [7, 11) is 0. The molecule has 2 aromatic heterocycles. The van der Waals surface area contributed by atoms with Crippen LogP contribution in [0.4, 0.5) is 0 Å². The van der Waals surface area contributed by atoms with E-state index in [4.69, 9.17) is 0 Å². The number of nitrogens with zero attached hydrogens (tertiary/aromatic N) is 2. The number of hydrogen-bond donors (Lipinski definition) is 0. The Morgan fingerprint density at radius 1 is 0.523 bits per heavy atom. The van der Waals surface area contributed by atoms with Gasteiger partial charge in [-0.3, -0.25) is 0 Å². The van der Waals surface area contributed by atoms with E-state index < -0.39 is 0 Å². The standard InChI is InChI=1S/C63H48N2/c1-5-16-54-56-36-45(28-33-60(56)65(59(54)6-2)48-31-32-53-51-25-11-10-23-49(51)50-24-12-13-26-52(50)55(53)38-48)46-29-34-61-57(37-46)58-39-63(3,4)40-62(58)64(61)47-22-15-19-42(27-30-47)44-21-14-20-43(35-44)41-17-8-7-9-18-41/h5-18,20-40H,2,19H2,1,3-4H3/b16-5-. The molecular formula is C63H48N2. The SMILES string of the molecule is C=Cc1c(/C=C\C)c2cc(-c3ccc4c(c3)c3c(n4C4=CC=C(c5cccc(-c6ccccc6)c5)CC=C4)=CC(C)(C)C=3)ccc2n1-c1ccc2c3ccccc3c3ccccc3c2c1. The maximum Gasteiger partial charge on any atom is 0.0541 e. The highest BCUT2D eigenvalue weighted by Crippen LogP contribution is 2.40. The molecule has 65 heavy (non-hydrogen) atoms. The molecule has 0 amide bonds. The summed E-state index contributed by atoms with van der Waals surface area (Å²) in [5.74, 6) is 0. The zero-order valence-electron chi connectivity index (χ0n) is 37.0. The Hall–Kier alpha value is -7.94. The first-order valence-electron chi connectivity index (χ1n) is 22.8. The molecule has 0 fully saturated rings. The van der Waals surface area contributed by atoms with Crippen LogP contribution in [-0.2, 0) is 0 Å². The predicted molar refractivity (Wildman–Crippen MR) is 281 cm³/mol. The van der Waals surface area contributed by atoms with Gasteiger partial charge in [-0.15, -0.1) is 0 Å². The summed E-state index contributed by atoms with van der Waals surface area (Å²) in [4.78, 5) is 0. The molecule has 0 bridgehead atoms. The summed E-state index contributed by atoms with van der Waals surface area (Å²) in [6, 6.07) is 58.1. The number of allylic oxidation sites excluding steroid dienone is 7. The molecule has 0 unspecified atom stereocenters. The maximum absolute atomic E-state index is 4.37. The fourth-order valence-electron chi connectivity index (χ4n) is 10.7. The van der Waals surface area contributed by atoms with Gasteiger partial charge >= 0.3 is 0 Å². The van der Waals surface area contributed by atoms with Crippen LogP contribution in [0.15, 0.2) is 195 Å². The van der Waals surface area contributed by atoms with Gasteiger partial charge in [-0.05, 0) is 140 Å². The zero-order valence-corrected chi connectivity index (χ0v) is 37.0. The van der Waals surface area contributed by atoms with Gasteiger partial charge in [0.05, 0.1) is 22.1 Å². The second kappa shape index (κ2) is 15.1. The van der Waals surface area contributed by atoms with Crippen LogP contribution in [0.5, 0.6) is 0 Å². The maximum atomic E-state index is 4.37. The highest BCUT2D eigenvalue weighted by molar-refractivity contribution is 6.25. The van der Waals surface area contributed by atoms with E-state index in [2.05, 4.69) is 243 Å². The fraction of sp³-hybridized carbons (Fsp3) is 0.0794. The van der Waals surface area contributed by atoms with Crippen LogP contribution in [-0.4, -0.2) is 9.13 Å². The third-order valence-electron chi connectivity index (χ3n) is 13.6. The molecular weight excluding hydrogens is 785 g/mol. The van der Waals surface area contributed by atoms with Crippen LogP contribution in [0.2, 0.25) is 0 Å². The highest BCUT2D eigenvalue weighted by atomic mass is 15.0. The van der Waals surface area contributed by atoms with Gasteiger partial charge < -0.3 is 9.13 Å². The Labute approximate surface area is 379 Å². The largest absolute Gasteiger partial charge is 0.310 e. The van der Waals surface area contributed by atoms with Crippen molar-refractivity contribution in [3.05, 3.63) is 222 Å². The highest BCUT2D eigenvalue weighted by Gasteiger charge is 2.23. The van der Waals surface area contributed by atoms with Crippen LogP contribution in [0.25, 0.3) is 118 Å². The topological polar surface area (TPSA) is 9.86 Å². The summed E-state index contributed by atoms with van der Waals surface area (Å²) in [6.45, 7) is 11.1. The van der Waals surface area contributed by atoms with E-state index >= 15 is 0 Å². The average Bonchev–Trinajstić information content (AvgIpc) is 3.85. The molecule has 0 aliphatic heterocycles. The van der Waals surface area contributed by atoms with Crippen molar-refractivity contribution in [2.24, 2.45) is 5.41 Å². The van der Waals surface area contributed by atoms with Crippen LogP contribution in [0, 0.1) is 5.41 Å². The van der Waals surface area contributed by atoms with Gasteiger partial charge in [-0.2, -0.15) is 0 Å². The zero-order chi connectivity index (χ0) is 43.8. The second-order valence-corrected chi connectivity index (χ2v) is 18.2. The number of aromatic nitrogens is 2. The van der Waals surface area contributed by atoms with E-state index in [0.29, 0.717) is 0 Å². The summed E-state index contributed by atoms with van der Waals surface area (Å²) >= 11 is 0. The van der Waals surface area contributed by atoms with Gasteiger partial charge in [-0.25, -0.2) is 0 Å². The van der Waals surface area contributed by atoms with E-state index in [0.717, 1.165) is 23.3 Å². The first-order valence-corrected chi connectivity index (χ1v) is 22.8. The Kier molecular flexibility index (Phi) is 9.00. The molecule has 12 rings (SSSR count). The molecule has 10 aromatic rings. The molecule has 2 nitrogen and oxygen atoms in total. The minimum atomic E-state index is -0.0586. The molecule has 0 saturated carbocycles. The molecule has 2 aliphatic rings. The van der Waals surface area contributed by atoms with Crippen LogP contribution < -0.4 is 10.6 Å². The van der Waals surface area contributed by atoms with Crippen molar-refractivity contribution in [2.45, 2.75) is 27.2 Å². The van der Waals surface area contributed by atoms with Crippen molar-refractivity contribution >= 4 is 89.7 Å². The van der Waals surface area contributed by atoms with Crippen LogP contribution >= 0.6 is 0 Å². The smallest absolute Gasteiger partial charge is 0.0541 e. The summed E-state index contributed by atoms with van der Waals surface area (Å²) in [5, 5.41) is 12.7. The first kappa shape index (κ1) is 38.7. The van der Waals surface area contributed by atoms with Crippen LogP contribution in [0.3, 0.4) is 0 Å². The molecule has 0 N–H and O–H groups in total. The van der Waals surface area contributed by atoms with Gasteiger partial charge in [0.1, 0.15) is 0 Å². The summed E-state index contributed by atoms with van der Waals surface area (Å²) in [6.07, 6.45) is 21.4. The molecule has 2 aliphatic carbocycles. The van der Waals surface area contributed by atoms with Gasteiger partial charge in [0.2, 0.25) is 0 Å². The molecule has 2 heterocycles. The fourth-order valence-corrected chi connectivity index (χ4v) is 10.7. The Bertz CT molecular complexity index is 3860. The molecule has 0 atom stereocenters. The summed E-state index contributed by atoms with van der Waals surface area (Å²) in [5.41, 5.74) is 14.3. The molecule has 0 saturated heterocycles. The van der Waals surface area contributed by atoms with Crippen molar-refractivity contribution in [1.29, 1.82) is 0 Å². The third kappa shape index (κ3) is 6.32. The Balaban J connectivity index is 0.978. The minimum Gasteiger partial charge on any atom is -0.310 e. The molecule has 310 valence electrons. The van der Waals surface area contributed by atoms with E-state index in [1.165, 1.54) is 104 Å². The summed E-state index contributed by atoms with van der Waals surface area (Å²) < 4.78 is 4.86. The third-order valence-corrected chi connectivity index (χ3v) is 13.6. The van der Waals surface area contributed by atoms with Crippen LogP contribution in [0.1, 0.15) is 44.0 Å². The number of rotatable bonds is 7. The Morgan fingerprint density at radius 3 is 1.85 bits per heavy atom. The lowest BCUT2D eigenvalue weighted by Gasteiger charge is -2.14. The van der Waals surface area contributed by atoms with Crippen molar-refractivity contribution < 1.29 is 0 Å². The molecule has 2 heteroatoms. The lowest BCUT2D eigenvalue weighted by atomic mass is 9.94. The monoisotopic (exact) mass is 832 g/mol. The predicted octanol–water partition coefficient (Wildman–Crippen LogP) is 15.5. The Morgan fingerprint density at radius 2 is 1.14 bits per heavy atom. The average molecular weight is 833 g/mol. The van der Waals surface area contributed by atoms with Crippen molar-refractivity contribution in [3.63, 3.8) is 0 Å². The number of fused-ring (bicyclic) bond motifs is 10. The van der Waals surface area contributed by atoms with Crippen molar-refractivity contribution in [1.82, 2.24) is 9.13 Å².